The zero-order valence-corrected chi connectivity index (χ0v) is 14.1. The first kappa shape index (κ1) is 21.4. The van der Waals surface area contributed by atoms with Crippen LogP contribution in [0.4, 0.5) is 0 Å². The SMILES string of the molecule is CC(=O)N[C@H]1[C@H](O[C@H]2[C@H](O)[C@@H](N)C(O)O[C@@H]2CO)O[C@H](CO)[C@@H](O)[C@@H]1O. The molecule has 0 spiro atoms. The van der Waals surface area contributed by atoms with E-state index in [9.17, 15) is 35.4 Å². The van der Waals surface area contributed by atoms with E-state index in [-0.39, 0.29) is 0 Å². The Morgan fingerprint density at radius 1 is 1.04 bits per heavy atom. The van der Waals surface area contributed by atoms with Crippen LogP contribution in [-0.2, 0) is 19.0 Å². The monoisotopic (exact) mass is 382 g/mol. The van der Waals surface area contributed by atoms with Crippen LogP contribution in [0.25, 0.3) is 0 Å². The minimum atomic E-state index is -1.54. The lowest BCUT2D eigenvalue weighted by atomic mass is 9.95. The molecule has 2 aliphatic heterocycles. The van der Waals surface area contributed by atoms with Gasteiger partial charge in [-0.2, -0.15) is 0 Å². The van der Waals surface area contributed by atoms with Gasteiger partial charge in [0.1, 0.15) is 42.7 Å². The molecule has 12 heteroatoms. The van der Waals surface area contributed by atoms with Crippen LogP contribution < -0.4 is 11.1 Å². The van der Waals surface area contributed by atoms with Crippen LogP contribution in [0.1, 0.15) is 6.92 Å². The molecule has 0 saturated carbocycles. The topological polar surface area (TPSA) is 204 Å². The Morgan fingerprint density at radius 3 is 2.19 bits per heavy atom. The van der Waals surface area contributed by atoms with E-state index in [4.69, 9.17) is 19.9 Å². The summed E-state index contributed by atoms with van der Waals surface area (Å²) < 4.78 is 16.1. The van der Waals surface area contributed by atoms with Crippen molar-refractivity contribution in [1.29, 1.82) is 0 Å². The highest BCUT2D eigenvalue weighted by Crippen LogP contribution is 2.28. The fraction of sp³-hybridized carbons (Fsp3) is 0.929. The average molecular weight is 382 g/mol. The fourth-order valence-electron chi connectivity index (χ4n) is 3.01. The van der Waals surface area contributed by atoms with Crippen molar-refractivity contribution in [2.75, 3.05) is 13.2 Å². The van der Waals surface area contributed by atoms with Gasteiger partial charge in [0, 0.05) is 6.92 Å². The molecule has 0 radical (unpaired) electrons. The summed E-state index contributed by atoms with van der Waals surface area (Å²) in [6, 6.07) is -2.48. The first-order valence-electron chi connectivity index (χ1n) is 8.14. The number of aliphatic hydroxyl groups is 6. The smallest absolute Gasteiger partial charge is 0.217 e. The highest BCUT2D eigenvalue weighted by Gasteiger charge is 2.50. The molecule has 152 valence electrons. The number of hydrogen-bond donors (Lipinski definition) is 8. The lowest BCUT2D eigenvalue weighted by molar-refractivity contribution is -0.326. The number of nitrogens with two attached hydrogens (primary N) is 1. The van der Waals surface area contributed by atoms with Gasteiger partial charge < -0.3 is 55.9 Å². The van der Waals surface area contributed by atoms with Gasteiger partial charge in [0.05, 0.1) is 19.3 Å². The Bertz CT molecular complexity index is 481. The maximum atomic E-state index is 11.4. The highest BCUT2D eigenvalue weighted by atomic mass is 16.7. The van der Waals surface area contributed by atoms with Gasteiger partial charge in [-0.15, -0.1) is 0 Å². The molecule has 0 aromatic heterocycles. The van der Waals surface area contributed by atoms with Crippen LogP contribution in [0, 0.1) is 0 Å². The van der Waals surface area contributed by atoms with Crippen LogP contribution in [0.3, 0.4) is 0 Å². The maximum Gasteiger partial charge on any atom is 0.217 e. The van der Waals surface area contributed by atoms with Gasteiger partial charge in [-0.1, -0.05) is 0 Å². The van der Waals surface area contributed by atoms with Crippen molar-refractivity contribution < 1.29 is 49.6 Å². The van der Waals surface area contributed by atoms with Gasteiger partial charge in [0.25, 0.3) is 0 Å². The average Bonchev–Trinajstić information content (AvgIpc) is 2.60. The molecule has 26 heavy (non-hydrogen) atoms. The number of amides is 1. The summed E-state index contributed by atoms with van der Waals surface area (Å²) in [7, 11) is 0. The molecule has 0 aromatic rings. The summed E-state index contributed by atoms with van der Waals surface area (Å²) in [5.74, 6) is -0.549. The summed E-state index contributed by atoms with van der Waals surface area (Å²) in [5.41, 5.74) is 5.63. The van der Waals surface area contributed by atoms with Crippen LogP contribution in [0.2, 0.25) is 0 Å². The van der Waals surface area contributed by atoms with Crippen molar-refractivity contribution in [2.24, 2.45) is 5.73 Å². The third-order valence-electron chi connectivity index (χ3n) is 4.46. The fourth-order valence-corrected chi connectivity index (χ4v) is 3.01. The highest BCUT2D eigenvalue weighted by molar-refractivity contribution is 5.73. The number of ether oxygens (including phenoxy) is 3. The van der Waals surface area contributed by atoms with Gasteiger partial charge in [-0.25, -0.2) is 0 Å². The Morgan fingerprint density at radius 2 is 1.65 bits per heavy atom. The van der Waals surface area contributed by atoms with Crippen molar-refractivity contribution in [1.82, 2.24) is 5.32 Å². The second-order valence-electron chi connectivity index (χ2n) is 6.35. The van der Waals surface area contributed by atoms with E-state index in [1.807, 2.05) is 0 Å². The van der Waals surface area contributed by atoms with Gasteiger partial charge >= 0.3 is 0 Å². The minimum Gasteiger partial charge on any atom is -0.394 e. The Kier molecular flexibility index (Phi) is 7.27. The number of hydrogen-bond acceptors (Lipinski definition) is 11. The minimum absolute atomic E-state index is 0.549. The van der Waals surface area contributed by atoms with E-state index in [2.05, 4.69) is 5.32 Å². The van der Waals surface area contributed by atoms with Gasteiger partial charge in [0.15, 0.2) is 12.6 Å². The molecule has 1 unspecified atom stereocenters. The summed E-state index contributed by atoms with van der Waals surface area (Å²) in [6.07, 6.45) is -11.1. The zero-order valence-electron chi connectivity index (χ0n) is 14.1. The number of rotatable bonds is 5. The molecule has 2 aliphatic rings. The first-order chi connectivity index (χ1) is 12.2. The summed E-state index contributed by atoms with van der Waals surface area (Å²) in [4.78, 5) is 11.4. The van der Waals surface area contributed by atoms with Crippen LogP contribution >= 0.6 is 0 Å². The van der Waals surface area contributed by atoms with E-state index < -0.39 is 80.4 Å². The normalized spacial score (nSPS) is 46.8. The maximum absolute atomic E-state index is 11.4. The Balaban J connectivity index is 2.22. The quantitative estimate of drug-likeness (QED) is 0.225. The molecule has 2 fully saturated rings. The second kappa shape index (κ2) is 8.84. The third kappa shape index (κ3) is 4.31. The lowest BCUT2D eigenvalue weighted by Crippen LogP contribution is -2.68. The van der Waals surface area contributed by atoms with E-state index >= 15 is 0 Å². The third-order valence-corrected chi connectivity index (χ3v) is 4.46. The van der Waals surface area contributed by atoms with Gasteiger partial charge in [-0.05, 0) is 0 Å². The number of carbonyl (C=O) groups is 1. The summed E-state index contributed by atoms with van der Waals surface area (Å²) >= 11 is 0. The van der Waals surface area contributed by atoms with E-state index in [0.717, 1.165) is 0 Å². The van der Waals surface area contributed by atoms with Crippen molar-refractivity contribution in [3.63, 3.8) is 0 Å². The van der Waals surface area contributed by atoms with Gasteiger partial charge in [-0.3, -0.25) is 4.79 Å². The van der Waals surface area contributed by atoms with Crippen molar-refractivity contribution >= 4 is 5.91 Å². The van der Waals surface area contributed by atoms with E-state index in [1.165, 1.54) is 6.92 Å². The number of carbonyl (C=O) groups excluding carboxylic acids is 1. The molecular weight excluding hydrogens is 356 g/mol. The number of aliphatic hydroxyl groups excluding tert-OH is 6. The van der Waals surface area contributed by atoms with Gasteiger partial charge in [0.2, 0.25) is 5.91 Å². The predicted octanol–water partition coefficient (Wildman–Crippen LogP) is -5.29. The Labute approximate surface area is 149 Å². The molecule has 2 heterocycles. The molecule has 1 amide bonds. The van der Waals surface area contributed by atoms with Crippen molar-refractivity contribution in [2.45, 2.75) is 68.2 Å². The van der Waals surface area contributed by atoms with E-state index in [0.29, 0.717) is 0 Å². The van der Waals surface area contributed by atoms with Crippen molar-refractivity contribution in [3.8, 4) is 0 Å². The van der Waals surface area contributed by atoms with Crippen molar-refractivity contribution in [3.05, 3.63) is 0 Å². The predicted molar refractivity (Wildman–Crippen MR) is 82.2 cm³/mol. The van der Waals surface area contributed by atoms with Crippen LogP contribution in [0.15, 0.2) is 0 Å². The molecule has 0 bridgehead atoms. The second-order valence-corrected chi connectivity index (χ2v) is 6.35. The lowest BCUT2D eigenvalue weighted by Gasteiger charge is -2.46. The van der Waals surface area contributed by atoms with Crippen LogP contribution in [-0.4, -0.2) is 111 Å². The molecule has 10 atom stereocenters. The molecule has 12 nitrogen and oxygen atoms in total. The molecule has 2 saturated heterocycles. The van der Waals surface area contributed by atoms with E-state index in [1.54, 1.807) is 0 Å². The molecule has 9 N–H and O–H groups in total. The largest absolute Gasteiger partial charge is 0.394 e. The number of nitrogens with one attached hydrogen (secondary N) is 1. The molecule has 0 aliphatic carbocycles. The zero-order chi connectivity index (χ0) is 19.6. The summed E-state index contributed by atoms with van der Waals surface area (Å²) in [6.45, 7) is -0.0937. The summed E-state index contributed by atoms with van der Waals surface area (Å²) in [5, 5.41) is 61.1. The Hall–Kier alpha value is -0.930. The standard InChI is InChI=1S/C14H26N2O10/c1-4(19)16-8-11(22)9(20)5(2-17)25-14(8)26-12-6(3-18)24-13(23)7(15)10(12)21/h5-14,17-18,20-23H,2-3,15H2,1H3,(H,16,19)/t5-,6-,7-,8-,9-,10-,11-,12-,13?,14+/m1/s1. The molecule has 0 aromatic carbocycles. The first-order valence-corrected chi connectivity index (χ1v) is 8.14. The molecular formula is C14H26N2O10. The molecule has 2 rings (SSSR count). The van der Waals surface area contributed by atoms with Crippen LogP contribution in [0.5, 0.6) is 0 Å².